The first kappa shape index (κ1) is 27.7. The zero-order valence-electron chi connectivity index (χ0n) is 21.7. The van der Waals surface area contributed by atoms with Gasteiger partial charge in [0.1, 0.15) is 12.1 Å². The summed E-state index contributed by atoms with van der Waals surface area (Å²) in [5.41, 5.74) is -2.10. The van der Waals surface area contributed by atoms with Gasteiger partial charge in [-0.3, -0.25) is 19.3 Å². The molecule has 0 spiro atoms. The molecule has 0 aromatic carbocycles. The zero-order valence-corrected chi connectivity index (χ0v) is 23.5. The van der Waals surface area contributed by atoms with Gasteiger partial charge >= 0.3 is 23.4 Å². The number of ether oxygens (including phenoxy) is 2. The lowest BCUT2D eigenvalue weighted by Crippen LogP contribution is -2.76. The van der Waals surface area contributed by atoms with Crippen LogP contribution in [0.1, 0.15) is 62.3 Å². The summed E-state index contributed by atoms with van der Waals surface area (Å²) in [6.07, 6.45) is -0.615. The number of thioether (sulfide) groups is 1. The molecule has 2 aliphatic rings. The first-order chi connectivity index (χ1) is 14.7. The molecule has 2 saturated heterocycles. The number of hydrogen-bond donors (Lipinski definition) is 0. The predicted octanol–water partition coefficient (Wildman–Crippen LogP) is 4.21. The fourth-order valence-corrected chi connectivity index (χ4v) is 6.95. The SMILES string of the molecule is [C-]#[N+]C1(C(C)O[Si](C)(C)C(C)(C)C)C(=O)N2[C@@H](C(=O)OCOC(=O)C(C)(C)C)C(C)(C)S[C@@H]21. The minimum absolute atomic E-state index is 0.0735. The van der Waals surface area contributed by atoms with E-state index < -0.39 is 66.2 Å². The minimum Gasteiger partial charge on any atom is -0.427 e. The number of rotatable bonds is 6. The van der Waals surface area contributed by atoms with Gasteiger partial charge < -0.3 is 13.9 Å². The second-order valence-electron chi connectivity index (χ2n) is 11.9. The zero-order chi connectivity index (χ0) is 25.8. The fraction of sp³-hybridized carbons (Fsp3) is 0.826. The molecule has 10 heteroatoms. The van der Waals surface area contributed by atoms with Crippen LogP contribution < -0.4 is 0 Å². The molecule has 0 aliphatic carbocycles. The summed E-state index contributed by atoms with van der Waals surface area (Å²) >= 11 is 1.41. The first-order valence-corrected chi connectivity index (χ1v) is 14.9. The average molecular weight is 499 g/mol. The first-order valence-electron chi connectivity index (χ1n) is 11.1. The van der Waals surface area contributed by atoms with Crippen molar-refractivity contribution < 1.29 is 28.3 Å². The van der Waals surface area contributed by atoms with Crippen LogP contribution in [-0.2, 0) is 28.3 Å². The monoisotopic (exact) mass is 498 g/mol. The maximum atomic E-state index is 13.4. The van der Waals surface area contributed by atoms with Crippen molar-refractivity contribution in [2.24, 2.45) is 5.41 Å². The second kappa shape index (κ2) is 8.58. The summed E-state index contributed by atoms with van der Waals surface area (Å²) in [7, 11) is -2.23. The van der Waals surface area contributed by atoms with E-state index in [1.807, 2.05) is 13.8 Å². The molecule has 0 aromatic heterocycles. The van der Waals surface area contributed by atoms with Crippen molar-refractivity contribution in [3.63, 3.8) is 0 Å². The molecule has 2 rings (SSSR count). The van der Waals surface area contributed by atoms with Crippen LogP contribution in [0.4, 0.5) is 0 Å². The number of amides is 1. The Morgan fingerprint density at radius 1 is 1.18 bits per heavy atom. The van der Waals surface area contributed by atoms with Gasteiger partial charge in [-0.15, -0.1) is 11.8 Å². The number of nitrogens with zero attached hydrogens (tertiary/aromatic N) is 2. The quantitative estimate of drug-likeness (QED) is 0.178. The molecule has 2 fully saturated rings. The molecular weight excluding hydrogens is 460 g/mol. The third kappa shape index (κ3) is 4.69. The fourth-order valence-electron chi connectivity index (χ4n) is 3.76. The van der Waals surface area contributed by atoms with Crippen molar-refractivity contribution in [3.05, 3.63) is 11.4 Å². The molecule has 0 bridgehead atoms. The standard InChI is InChI=1S/C23H38N2O6SSi/c1-14(31-33(11,12)21(5,6)7)23(24-10)17(27)25-15(22(8,9)32-18(23)25)16(26)29-13-30-19(28)20(2,3)4/h14-15,18H,13H2,1-9,11-12H3/t14?,15-,18+,23?/m0/s1. The topological polar surface area (TPSA) is 86.5 Å². The molecular formula is C23H38N2O6SSi. The van der Waals surface area contributed by atoms with E-state index in [-0.39, 0.29) is 5.04 Å². The highest BCUT2D eigenvalue weighted by Gasteiger charge is 2.79. The van der Waals surface area contributed by atoms with Crippen LogP contribution >= 0.6 is 11.8 Å². The number of carbonyl (C=O) groups excluding carboxylic acids is 3. The van der Waals surface area contributed by atoms with Gasteiger partial charge in [-0.1, -0.05) is 20.8 Å². The average Bonchev–Trinajstić information content (AvgIpc) is 2.88. The Labute approximate surface area is 203 Å². The number of hydrogen-bond acceptors (Lipinski definition) is 7. The van der Waals surface area contributed by atoms with E-state index in [2.05, 4.69) is 38.7 Å². The third-order valence-electron chi connectivity index (χ3n) is 6.87. The van der Waals surface area contributed by atoms with E-state index in [0.717, 1.165) is 0 Å². The lowest BCUT2D eigenvalue weighted by Gasteiger charge is -2.49. The summed E-state index contributed by atoms with van der Waals surface area (Å²) in [6.45, 7) is 28.5. The van der Waals surface area contributed by atoms with Gasteiger partial charge in [-0.2, -0.15) is 0 Å². The normalized spacial score (nSPS) is 27.8. The van der Waals surface area contributed by atoms with Crippen LogP contribution in [0.5, 0.6) is 0 Å². The summed E-state index contributed by atoms with van der Waals surface area (Å²) < 4.78 is 16.0. The van der Waals surface area contributed by atoms with E-state index >= 15 is 0 Å². The summed E-state index contributed by atoms with van der Waals surface area (Å²) in [4.78, 5) is 43.5. The van der Waals surface area contributed by atoms with Crippen molar-refractivity contribution in [2.45, 2.75) is 108 Å². The van der Waals surface area contributed by atoms with Gasteiger partial charge in [0.15, 0.2) is 13.7 Å². The molecule has 2 aliphatic heterocycles. The molecule has 1 amide bonds. The number of β-lactam (4-membered cyclic amide) rings is 1. The van der Waals surface area contributed by atoms with Crippen LogP contribution in [-0.4, -0.2) is 65.7 Å². The highest BCUT2D eigenvalue weighted by atomic mass is 32.2. The van der Waals surface area contributed by atoms with Crippen molar-refractivity contribution in [1.82, 2.24) is 4.90 Å². The predicted molar refractivity (Wildman–Crippen MR) is 130 cm³/mol. The van der Waals surface area contributed by atoms with Gasteiger partial charge in [-0.25, -0.2) is 11.4 Å². The van der Waals surface area contributed by atoms with Crippen molar-refractivity contribution in [1.29, 1.82) is 0 Å². The molecule has 8 nitrogen and oxygen atoms in total. The Morgan fingerprint density at radius 2 is 1.73 bits per heavy atom. The highest BCUT2D eigenvalue weighted by Crippen LogP contribution is 2.58. The summed E-state index contributed by atoms with van der Waals surface area (Å²) in [6, 6.07) is -0.886. The molecule has 186 valence electrons. The van der Waals surface area contributed by atoms with Crippen LogP contribution in [0.25, 0.3) is 4.85 Å². The van der Waals surface area contributed by atoms with E-state index in [9.17, 15) is 14.4 Å². The van der Waals surface area contributed by atoms with E-state index in [1.165, 1.54) is 16.7 Å². The molecule has 2 heterocycles. The number of fused-ring (bicyclic) bond motifs is 1. The molecule has 0 aromatic rings. The Bertz CT molecular complexity index is 870. The molecule has 2 unspecified atom stereocenters. The van der Waals surface area contributed by atoms with E-state index in [0.29, 0.717) is 0 Å². The molecule has 4 atom stereocenters. The smallest absolute Gasteiger partial charge is 0.361 e. The van der Waals surface area contributed by atoms with Crippen molar-refractivity contribution >= 4 is 37.9 Å². The Morgan fingerprint density at radius 3 is 2.18 bits per heavy atom. The second-order valence-corrected chi connectivity index (χ2v) is 18.4. The van der Waals surface area contributed by atoms with Crippen LogP contribution in [0.15, 0.2) is 0 Å². The maximum Gasteiger partial charge on any atom is 0.361 e. The van der Waals surface area contributed by atoms with Gasteiger partial charge in [0.2, 0.25) is 6.79 Å². The summed E-state index contributed by atoms with van der Waals surface area (Å²) in [5.74, 6) is -1.56. The molecule has 0 saturated carbocycles. The van der Waals surface area contributed by atoms with Crippen LogP contribution in [0, 0.1) is 12.0 Å². The number of carbonyl (C=O) groups is 3. The Kier molecular flexibility index (Phi) is 7.19. The molecule has 0 N–H and O–H groups in total. The third-order valence-corrected chi connectivity index (χ3v) is 13.1. The molecule has 33 heavy (non-hydrogen) atoms. The van der Waals surface area contributed by atoms with E-state index in [1.54, 1.807) is 27.7 Å². The highest BCUT2D eigenvalue weighted by molar-refractivity contribution is 8.01. The van der Waals surface area contributed by atoms with Crippen LogP contribution in [0.2, 0.25) is 18.1 Å². The lowest BCUT2D eigenvalue weighted by atomic mass is 9.81. The largest absolute Gasteiger partial charge is 0.427 e. The van der Waals surface area contributed by atoms with Gasteiger partial charge in [0.05, 0.1) is 5.41 Å². The lowest BCUT2D eigenvalue weighted by molar-refractivity contribution is -0.182. The molecule has 0 radical (unpaired) electrons. The Balaban J connectivity index is 2.21. The maximum absolute atomic E-state index is 13.4. The van der Waals surface area contributed by atoms with Gasteiger partial charge in [0.25, 0.3) is 0 Å². The Hall–Kier alpha value is -1.57. The number of esters is 2. The van der Waals surface area contributed by atoms with Crippen LogP contribution in [0.3, 0.4) is 0 Å². The van der Waals surface area contributed by atoms with Crippen molar-refractivity contribution in [3.8, 4) is 0 Å². The summed E-state index contributed by atoms with van der Waals surface area (Å²) in [5, 5.41) is -0.595. The minimum atomic E-state index is -2.23. The van der Waals surface area contributed by atoms with Gasteiger partial charge in [0, 0.05) is 4.75 Å². The van der Waals surface area contributed by atoms with E-state index in [4.69, 9.17) is 20.5 Å². The van der Waals surface area contributed by atoms with Crippen molar-refractivity contribution in [2.75, 3.05) is 6.79 Å². The van der Waals surface area contributed by atoms with Gasteiger partial charge in [-0.05, 0) is 59.7 Å².